The molecule has 11 atom stereocenters. The van der Waals surface area contributed by atoms with E-state index in [2.05, 4.69) is 78.4 Å². The maximum absolute atomic E-state index is 15.5. The molecule has 0 aliphatic carbocycles. The van der Waals surface area contributed by atoms with Gasteiger partial charge in [0.15, 0.2) is 0 Å². The molecule has 0 bridgehead atoms. The highest BCUT2D eigenvalue weighted by molar-refractivity contribution is 8.00. The van der Waals surface area contributed by atoms with Crippen LogP contribution in [0.2, 0.25) is 0 Å². The largest absolute Gasteiger partial charge is 0.394 e. The van der Waals surface area contributed by atoms with E-state index in [0.29, 0.717) is 69.9 Å². The minimum Gasteiger partial charge on any atom is -0.394 e. The maximum Gasteiger partial charge on any atom is 0.245 e. The van der Waals surface area contributed by atoms with Crippen LogP contribution < -0.4 is 70.0 Å². The van der Waals surface area contributed by atoms with Gasteiger partial charge in [0.05, 0.1) is 44.7 Å². The fourth-order valence-electron chi connectivity index (χ4n) is 14.0. The Morgan fingerprint density at radius 2 is 1.10 bits per heavy atom. The van der Waals surface area contributed by atoms with Crippen molar-refractivity contribution in [3.05, 3.63) is 138 Å². The molecule has 0 saturated carbocycles. The van der Waals surface area contributed by atoms with Crippen molar-refractivity contribution >= 4 is 134 Å². The van der Waals surface area contributed by atoms with Crippen molar-refractivity contribution in [1.29, 1.82) is 0 Å². The molecule has 3 aromatic carbocycles. The zero-order valence-electron chi connectivity index (χ0n) is 71.7. The van der Waals surface area contributed by atoms with E-state index in [9.17, 15) is 77.0 Å². The van der Waals surface area contributed by atoms with Gasteiger partial charge in [-0.2, -0.15) is 0 Å². The molecule has 4 heterocycles. The lowest BCUT2D eigenvalue weighted by Gasteiger charge is -2.36. The summed E-state index contributed by atoms with van der Waals surface area (Å²) in [6, 6.07) is 6.73. The van der Waals surface area contributed by atoms with Crippen LogP contribution in [-0.4, -0.2) is 284 Å². The number of unbranched alkanes of at least 4 members (excludes halogenated alkanes) is 2. The number of thioether (sulfide) groups is 1. The summed E-state index contributed by atoms with van der Waals surface area (Å²) in [5.74, 6) is -15.8. The molecule has 0 fully saturated rings. The Labute approximate surface area is 727 Å². The van der Waals surface area contributed by atoms with Crippen molar-refractivity contribution in [2.45, 2.75) is 185 Å². The lowest BCUT2D eigenvalue weighted by Crippen LogP contribution is -2.61. The van der Waals surface area contributed by atoms with Crippen LogP contribution in [0.3, 0.4) is 0 Å². The molecular formula is C85H117N21O18S. The molecule has 40 heteroatoms. The number of aliphatic hydroxyl groups excluding tert-OH is 1. The number of imidazole rings is 1. The van der Waals surface area contributed by atoms with Crippen LogP contribution in [0.4, 0.5) is 0 Å². The molecule has 0 spiro atoms. The molecule has 39 nitrogen and oxygen atoms in total. The van der Waals surface area contributed by atoms with E-state index in [0.717, 1.165) is 37.4 Å². The Morgan fingerprint density at radius 1 is 0.552 bits per heavy atom. The van der Waals surface area contributed by atoms with E-state index in [-0.39, 0.29) is 69.6 Å². The molecular weight excluding hydrogens is 1640 g/mol. The monoisotopic (exact) mass is 1750 g/mol. The number of nitrogens with two attached hydrogens (primary N) is 2. The van der Waals surface area contributed by atoms with Crippen LogP contribution in [0, 0.1) is 5.92 Å². The second-order valence-corrected chi connectivity index (χ2v) is 32.2. The summed E-state index contributed by atoms with van der Waals surface area (Å²) in [4.78, 5) is 258. The molecule has 1 aliphatic heterocycles. The average molecular weight is 1750 g/mol. The number of amides is 17. The van der Waals surface area contributed by atoms with Gasteiger partial charge in [0.2, 0.25) is 100 Å². The van der Waals surface area contributed by atoms with E-state index >= 15 is 9.59 Å². The quantitative estimate of drug-likeness (QED) is 0.0360. The first-order valence-electron chi connectivity index (χ1n) is 41.4. The summed E-state index contributed by atoms with van der Waals surface area (Å²) in [5, 5.41) is 40.9. The standard InChI is InChI=1S/C85H117N21O18S/c1-10-12-29-67-81(120)93-43-72(111)98-66(77(116)92-42-70(87)109)46-125-47-74(113)97-63(34-51-23-15-14-16-24-51)83(122)104(7)50(5)75(114)99-61(38-69(86)108)76(115)89-32-22-21-31-71(110)95-60(37-54-41-88-48-94-54)79(118)100-62(33-49(3)4)82(121)103(6)44-73(112)96-59(35-52-39-90-57-27-19-17-25-55(52)57)78(117)102-65(45-107)80(119)101-64(36-53-40-91-58-28-20-18-26-56(53)58)84(123)106(9)68(30-13-11-2)85(124)105(67)8/h14-21,23-28,31,39-41,48-50,59-68,90-91,107H,10-13,22,29-30,32-38,42-47H2,1-9H3,(H2,86,108)(H2,87,109)(H,88,94)(H,89,115)(H,92,116)(H,93,120)(H,95,110)(H,96,112)(H,97,113)(H,98,111)(H,99,114)(H,100,118)(H,101,119)(H,102,117)/b31-21+/t50-,59-,60-,61-,62-,63-,64-,65-,66-,67-,68-/m0/s1. The van der Waals surface area contributed by atoms with E-state index < -0.39 is 205 Å². The minimum absolute atomic E-state index is 0.0259. The average Bonchev–Trinajstić information content (AvgIpc) is 1.72. The minimum atomic E-state index is -1.82. The lowest BCUT2D eigenvalue weighted by molar-refractivity contribution is -0.149. The Morgan fingerprint density at radius 3 is 1.70 bits per heavy atom. The number of likely N-dealkylation sites (N-methyl/N-ethyl adjacent to an activating group) is 4. The van der Waals surface area contributed by atoms with Crippen LogP contribution in [0.15, 0.2) is 116 Å². The number of para-hydroxylation sites is 2. The first kappa shape index (κ1) is 99.1. The topological polar surface area (TPSA) is 568 Å². The van der Waals surface area contributed by atoms with Crippen LogP contribution >= 0.6 is 11.8 Å². The molecule has 125 heavy (non-hydrogen) atoms. The SMILES string of the molecule is CCCC[C@H]1C(=O)N(C)[C@@H](CCCC)C(=O)NCC(=O)N[C@H](C(=O)NCC(N)=O)CSCC(=O)N[C@@H](Cc2ccccc2)C(=O)N(C)[C@@H](C)C(=O)N[C@@H](CC(N)=O)C(=O)NCC/C=C/C(=O)N[C@@H](Cc2cnc[nH]2)C(=O)N[C@@H](CC(C)C)C(=O)N(C)CC(=O)N[C@@H](Cc2c[nH]c3ccccc23)C(=O)N[C@@H](CO)C(=O)N[C@@H](Cc2c[nH]c3ccccc23)C(=O)N1C. The second kappa shape index (κ2) is 49.3. The third kappa shape index (κ3) is 30.5. The number of nitrogens with one attached hydrogen (secondary N) is 14. The number of hydrogen-bond donors (Lipinski definition) is 17. The zero-order chi connectivity index (χ0) is 91.6. The van der Waals surface area contributed by atoms with Gasteiger partial charge in [-0.15, -0.1) is 11.8 Å². The highest BCUT2D eigenvalue weighted by Gasteiger charge is 2.41. The molecule has 0 unspecified atom stereocenters. The summed E-state index contributed by atoms with van der Waals surface area (Å²) < 4.78 is 0. The molecule has 7 rings (SSSR count). The molecule has 17 amide bonds. The van der Waals surface area contributed by atoms with E-state index in [4.69, 9.17) is 11.5 Å². The van der Waals surface area contributed by atoms with Crippen LogP contribution in [0.5, 0.6) is 0 Å². The maximum atomic E-state index is 15.5. The fraction of sp³-hybridized carbons (Fsp3) is 0.482. The predicted molar refractivity (Wildman–Crippen MR) is 464 cm³/mol. The van der Waals surface area contributed by atoms with Gasteiger partial charge >= 0.3 is 0 Å². The highest BCUT2D eigenvalue weighted by Crippen LogP contribution is 2.24. The van der Waals surface area contributed by atoms with Crippen molar-refractivity contribution in [3.8, 4) is 0 Å². The molecule has 3 aromatic heterocycles. The number of benzene rings is 3. The number of carbonyl (C=O) groups is 17. The second-order valence-electron chi connectivity index (χ2n) is 31.2. The summed E-state index contributed by atoms with van der Waals surface area (Å²) in [5.41, 5.74) is 14.3. The van der Waals surface area contributed by atoms with E-state index in [1.54, 1.807) is 105 Å². The first-order chi connectivity index (χ1) is 59.6. The number of aliphatic hydroxyl groups is 1. The number of hydrogen-bond acceptors (Lipinski definition) is 20. The Kier molecular flexibility index (Phi) is 39.1. The molecule has 19 N–H and O–H groups in total. The Bertz CT molecular complexity index is 4790. The van der Waals surface area contributed by atoms with Crippen LogP contribution in [-0.2, 0) is 107 Å². The predicted octanol–water partition coefficient (Wildman–Crippen LogP) is -1.70. The number of nitrogens with zero attached hydrogens (tertiary/aromatic N) is 5. The number of aromatic amines is 3. The number of aromatic nitrogens is 4. The zero-order valence-corrected chi connectivity index (χ0v) is 72.5. The summed E-state index contributed by atoms with van der Waals surface area (Å²) in [6.07, 6.45) is 8.96. The molecule has 0 saturated heterocycles. The van der Waals surface area contributed by atoms with Crippen LogP contribution in [0.1, 0.15) is 115 Å². The van der Waals surface area contributed by atoms with Gasteiger partial charge in [-0.05, 0) is 73.4 Å². The number of primary amides is 2. The lowest BCUT2D eigenvalue weighted by atomic mass is 10.00. The van der Waals surface area contributed by atoms with Crippen molar-refractivity contribution in [3.63, 3.8) is 0 Å². The first-order valence-corrected chi connectivity index (χ1v) is 42.6. The normalized spacial score (nSPS) is 22.9. The molecule has 1 aliphatic rings. The summed E-state index contributed by atoms with van der Waals surface area (Å²) in [6.45, 7) is 5.23. The highest BCUT2D eigenvalue weighted by atomic mass is 32.2. The molecule has 0 radical (unpaired) electrons. The van der Waals surface area contributed by atoms with Gasteiger partial charge < -0.3 is 110 Å². The number of fused-ring (bicyclic) bond motifs is 2. The summed E-state index contributed by atoms with van der Waals surface area (Å²) >= 11 is 0.821. The molecule has 6 aromatic rings. The van der Waals surface area contributed by atoms with Crippen molar-refractivity contribution in [1.82, 2.24) is 98.0 Å². The van der Waals surface area contributed by atoms with Gasteiger partial charge in [-0.1, -0.05) is 126 Å². The fourth-order valence-corrected chi connectivity index (χ4v) is 14.9. The third-order valence-electron chi connectivity index (χ3n) is 21.0. The van der Waals surface area contributed by atoms with Crippen molar-refractivity contribution in [2.24, 2.45) is 17.4 Å². The van der Waals surface area contributed by atoms with Gasteiger partial charge in [0.1, 0.15) is 66.5 Å². The Hall–Kier alpha value is -13.0. The smallest absolute Gasteiger partial charge is 0.245 e. The van der Waals surface area contributed by atoms with Crippen molar-refractivity contribution < 1.29 is 86.6 Å². The van der Waals surface area contributed by atoms with Crippen molar-refractivity contribution in [2.75, 3.05) is 72.5 Å². The Balaban J connectivity index is 1.22. The number of rotatable bonds is 22. The van der Waals surface area contributed by atoms with Crippen LogP contribution in [0.25, 0.3) is 21.8 Å². The van der Waals surface area contributed by atoms with Gasteiger partial charge in [-0.25, -0.2) is 4.98 Å². The van der Waals surface area contributed by atoms with Gasteiger partial charge in [-0.3, -0.25) is 81.5 Å². The van der Waals surface area contributed by atoms with E-state index in [1.165, 1.54) is 53.7 Å². The van der Waals surface area contributed by atoms with Gasteiger partial charge in [0.25, 0.3) is 0 Å². The number of H-pyrrole nitrogens is 3. The molecule has 676 valence electrons. The summed E-state index contributed by atoms with van der Waals surface area (Å²) in [7, 11) is 5.29. The number of carbonyl (C=O) groups excluding carboxylic acids is 17. The third-order valence-corrected chi connectivity index (χ3v) is 22.1. The van der Waals surface area contributed by atoms with E-state index in [1.807, 2.05) is 13.8 Å². The van der Waals surface area contributed by atoms with Gasteiger partial charge in [0, 0.05) is 112 Å².